The van der Waals surface area contributed by atoms with Crippen LogP contribution in [-0.2, 0) is 0 Å². The Morgan fingerprint density at radius 2 is 1.57 bits per heavy atom. The first kappa shape index (κ1) is 13.9. The first-order chi connectivity index (χ1) is 10.4. The van der Waals surface area contributed by atoms with E-state index in [2.05, 4.69) is 59.6 Å². The van der Waals surface area contributed by atoms with Gasteiger partial charge in [0.1, 0.15) is 0 Å². The summed E-state index contributed by atoms with van der Waals surface area (Å²) < 4.78 is 0. The first-order valence-electron chi connectivity index (χ1n) is 7.58. The van der Waals surface area contributed by atoms with Gasteiger partial charge in [-0.15, -0.1) is 0 Å². The van der Waals surface area contributed by atoms with Gasteiger partial charge in [0.05, 0.1) is 12.6 Å². The summed E-state index contributed by atoms with van der Waals surface area (Å²) in [5.74, 6) is 0. The summed E-state index contributed by atoms with van der Waals surface area (Å²) in [5, 5.41) is 9.52. The summed E-state index contributed by atoms with van der Waals surface area (Å²) in [5.41, 5.74) is 3.65. The predicted molar refractivity (Wildman–Crippen MR) is 86.8 cm³/mol. The summed E-state index contributed by atoms with van der Waals surface area (Å²) in [4.78, 5) is 2.29. The van der Waals surface area contributed by atoms with Gasteiger partial charge in [-0.1, -0.05) is 60.7 Å². The number of likely N-dealkylation sites (tertiary alicyclic amines) is 1. The quantitative estimate of drug-likeness (QED) is 0.925. The number of rotatable bonds is 4. The van der Waals surface area contributed by atoms with Gasteiger partial charge < -0.3 is 10.0 Å². The number of benzene rings is 2. The highest BCUT2D eigenvalue weighted by Gasteiger charge is 2.21. The molecule has 0 aliphatic carbocycles. The van der Waals surface area contributed by atoms with E-state index in [0.29, 0.717) is 0 Å². The molecule has 1 saturated heterocycles. The molecule has 1 aliphatic heterocycles. The number of aliphatic hydroxyl groups excluding tert-OH is 1. The summed E-state index contributed by atoms with van der Waals surface area (Å²) >= 11 is 0. The lowest BCUT2D eigenvalue weighted by molar-refractivity contribution is 0.196. The number of hydrogen-bond acceptors (Lipinski definition) is 2. The number of hydrogen-bond donors (Lipinski definition) is 1. The Balaban J connectivity index is 2.00. The van der Waals surface area contributed by atoms with Gasteiger partial charge in [0.25, 0.3) is 0 Å². The van der Waals surface area contributed by atoms with Gasteiger partial charge in [-0.2, -0.15) is 0 Å². The molecule has 1 aliphatic rings. The molecule has 1 atom stereocenters. The molecule has 1 N–H and O–H groups in total. The molecule has 0 unspecified atom stereocenters. The summed E-state index contributed by atoms with van der Waals surface area (Å²) in [6.07, 6.45) is 4.45. The van der Waals surface area contributed by atoms with Crippen LogP contribution in [-0.4, -0.2) is 29.2 Å². The largest absolute Gasteiger partial charge is 0.394 e. The monoisotopic (exact) mass is 279 g/mol. The molecule has 1 fully saturated rings. The molecule has 3 rings (SSSR count). The van der Waals surface area contributed by atoms with Gasteiger partial charge in [0, 0.05) is 18.3 Å². The third-order valence-electron chi connectivity index (χ3n) is 4.10. The molecule has 2 aromatic rings. The average molecular weight is 279 g/mol. The molecular formula is C19H21NO. The third-order valence-corrected chi connectivity index (χ3v) is 4.10. The van der Waals surface area contributed by atoms with Crippen molar-refractivity contribution in [3.05, 3.63) is 78.0 Å². The standard InChI is InChI=1S/C19H21NO/c21-15-18-12-7-13-20(18)14-19(16-8-3-1-4-9-16)17-10-5-2-6-11-17/h1-6,8-11,14,18,21H,7,12-13,15H2/t18-/m0/s1. The van der Waals surface area contributed by atoms with Crippen LogP contribution in [0.5, 0.6) is 0 Å². The fourth-order valence-electron chi connectivity index (χ4n) is 2.94. The van der Waals surface area contributed by atoms with Crippen LogP contribution < -0.4 is 0 Å². The highest BCUT2D eigenvalue weighted by Crippen LogP contribution is 2.27. The Bertz CT molecular complexity index is 550. The molecule has 2 nitrogen and oxygen atoms in total. The van der Waals surface area contributed by atoms with Crippen LogP contribution in [0, 0.1) is 0 Å². The van der Waals surface area contributed by atoms with Crippen molar-refractivity contribution >= 4 is 5.57 Å². The van der Waals surface area contributed by atoms with Crippen molar-refractivity contribution in [1.82, 2.24) is 4.90 Å². The maximum absolute atomic E-state index is 9.52. The van der Waals surface area contributed by atoms with E-state index in [9.17, 15) is 5.11 Å². The van der Waals surface area contributed by atoms with E-state index in [1.165, 1.54) is 16.7 Å². The second-order valence-corrected chi connectivity index (χ2v) is 5.49. The molecule has 0 spiro atoms. The normalized spacial score (nSPS) is 17.8. The van der Waals surface area contributed by atoms with Gasteiger partial charge in [0.15, 0.2) is 0 Å². The van der Waals surface area contributed by atoms with Crippen LogP contribution in [0.25, 0.3) is 5.57 Å². The van der Waals surface area contributed by atoms with Crippen molar-refractivity contribution in [2.45, 2.75) is 18.9 Å². The minimum absolute atomic E-state index is 0.230. The molecule has 0 aromatic heterocycles. The Hall–Kier alpha value is -2.06. The van der Waals surface area contributed by atoms with Crippen molar-refractivity contribution in [3.63, 3.8) is 0 Å². The molecule has 1 heterocycles. The lowest BCUT2D eigenvalue weighted by atomic mass is 9.98. The second kappa shape index (κ2) is 6.59. The molecular weight excluding hydrogens is 258 g/mol. The van der Waals surface area contributed by atoms with E-state index < -0.39 is 0 Å². The SMILES string of the molecule is OC[C@@H]1CCCN1C=C(c1ccccc1)c1ccccc1. The summed E-state index contributed by atoms with van der Waals surface area (Å²) in [6.45, 7) is 1.25. The maximum Gasteiger partial charge on any atom is 0.0634 e. The lowest BCUT2D eigenvalue weighted by Gasteiger charge is -2.23. The van der Waals surface area contributed by atoms with Gasteiger partial charge in [-0.3, -0.25) is 0 Å². The van der Waals surface area contributed by atoms with Gasteiger partial charge >= 0.3 is 0 Å². The Kier molecular flexibility index (Phi) is 4.37. The van der Waals surface area contributed by atoms with Crippen molar-refractivity contribution in [1.29, 1.82) is 0 Å². The molecule has 21 heavy (non-hydrogen) atoms. The van der Waals surface area contributed by atoms with Crippen molar-refractivity contribution in [2.24, 2.45) is 0 Å². The van der Waals surface area contributed by atoms with Crippen molar-refractivity contribution in [2.75, 3.05) is 13.2 Å². The minimum Gasteiger partial charge on any atom is -0.394 e. The minimum atomic E-state index is 0.230. The highest BCUT2D eigenvalue weighted by atomic mass is 16.3. The Morgan fingerprint density at radius 1 is 1.00 bits per heavy atom. The van der Waals surface area contributed by atoms with E-state index in [4.69, 9.17) is 0 Å². The van der Waals surface area contributed by atoms with Crippen LogP contribution in [0.2, 0.25) is 0 Å². The van der Waals surface area contributed by atoms with E-state index in [0.717, 1.165) is 19.4 Å². The molecule has 0 bridgehead atoms. The van der Waals surface area contributed by atoms with E-state index in [1.54, 1.807) is 0 Å². The molecule has 0 amide bonds. The molecule has 0 radical (unpaired) electrons. The van der Waals surface area contributed by atoms with Crippen molar-refractivity contribution in [3.8, 4) is 0 Å². The second-order valence-electron chi connectivity index (χ2n) is 5.49. The molecule has 2 heteroatoms. The van der Waals surface area contributed by atoms with Crippen LogP contribution >= 0.6 is 0 Å². The van der Waals surface area contributed by atoms with Crippen LogP contribution in [0.15, 0.2) is 66.9 Å². The van der Waals surface area contributed by atoms with Crippen molar-refractivity contribution < 1.29 is 5.11 Å². The Morgan fingerprint density at radius 3 is 2.10 bits per heavy atom. The smallest absolute Gasteiger partial charge is 0.0634 e. The van der Waals surface area contributed by atoms with E-state index in [1.807, 2.05) is 12.1 Å². The molecule has 2 aromatic carbocycles. The van der Waals surface area contributed by atoms with E-state index >= 15 is 0 Å². The van der Waals surface area contributed by atoms with Gasteiger partial charge in [-0.25, -0.2) is 0 Å². The van der Waals surface area contributed by atoms with Gasteiger partial charge in [-0.05, 0) is 24.0 Å². The zero-order valence-corrected chi connectivity index (χ0v) is 12.2. The Labute approximate surface area is 126 Å². The number of aliphatic hydroxyl groups is 1. The third kappa shape index (κ3) is 3.17. The fourth-order valence-corrected chi connectivity index (χ4v) is 2.94. The highest BCUT2D eigenvalue weighted by molar-refractivity contribution is 5.79. The zero-order chi connectivity index (χ0) is 14.5. The first-order valence-corrected chi connectivity index (χ1v) is 7.58. The van der Waals surface area contributed by atoms with Crippen LogP contribution in [0.1, 0.15) is 24.0 Å². The fraction of sp³-hybridized carbons (Fsp3) is 0.263. The van der Waals surface area contributed by atoms with E-state index in [-0.39, 0.29) is 12.6 Å². The number of nitrogens with zero attached hydrogens (tertiary/aromatic N) is 1. The topological polar surface area (TPSA) is 23.5 Å². The average Bonchev–Trinajstić information content (AvgIpc) is 3.01. The summed E-state index contributed by atoms with van der Waals surface area (Å²) in [7, 11) is 0. The van der Waals surface area contributed by atoms with Gasteiger partial charge in [0.2, 0.25) is 0 Å². The summed E-state index contributed by atoms with van der Waals surface area (Å²) in [6, 6.07) is 21.2. The zero-order valence-electron chi connectivity index (χ0n) is 12.2. The maximum atomic E-state index is 9.52. The lowest BCUT2D eigenvalue weighted by Crippen LogP contribution is -2.27. The van der Waals surface area contributed by atoms with Crippen LogP contribution in [0.4, 0.5) is 0 Å². The molecule has 0 saturated carbocycles. The van der Waals surface area contributed by atoms with Crippen LogP contribution in [0.3, 0.4) is 0 Å². The molecule has 108 valence electrons. The predicted octanol–water partition coefficient (Wildman–Crippen LogP) is 3.53.